The summed E-state index contributed by atoms with van der Waals surface area (Å²) in [5.41, 5.74) is 2.86. The zero-order chi connectivity index (χ0) is 15.8. The highest BCUT2D eigenvalue weighted by atomic mass is 16.5. The van der Waals surface area contributed by atoms with Gasteiger partial charge in [0.05, 0.1) is 26.9 Å². The Balaban J connectivity index is 3.54. The predicted octanol–water partition coefficient (Wildman–Crippen LogP) is 3.43. The highest BCUT2D eigenvalue weighted by Gasteiger charge is 2.18. The van der Waals surface area contributed by atoms with Crippen molar-refractivity contribution in [3.8, 4) is 17.2 Å². The average Bonchev–Trinajstić information content (AvgIpc) is 2.49. The van der Waals surface area contributed by atoms with Gasteiger partial charge in [-0.3, -0.25) is 4.79 Å². The summed E-state index contributed by atoms with van der Waals surface area (Å²) in [6.45, 7) is 4.07. The molecular weight excluding hydrogens is 268 g/mol. The molecule has 0 saturated heterocycles. The number of ether oxygens (including phenoxy) is 3. The number of carbonyl (C=O) groups excluding carboxylic acids is 1. The first-order chi connectivity index (χ1) is 10.1. The largest absolute Gasteiger partial charge is 0.496 e. The summed E-state index contributed by atoms with van der Waals surface area (Å²) < 4.78 is 16.3. The van der Waals surface area contributed by atoms with Crippen LogP contribution in [-0.2, 0) is 11.2 Å². The minimum Gasteiger partial charge on any atom is -0.496 e. The van der Waals surface area contributed by atoms with Crippen molar-refractivity contribution in [2.75, 3.05) is 21.3 Å². The average molecular weight is 290 g/mol. The highest BCUT2D eigenvalue weighted by molar-refractivity contribution is 5.79. The molecule has 1 aromatic carbocycles. The van der Waals surface area contributed by atoms with Crippen LogP contribution in [0.3, 0.4) is 0 Å². The molecule has 1 rings (SSSR count). The molecule has 4 nitrogen and oxygen atoms in total. The van der Waals surface area contributed by atoms with E-state index >= 15 is 0 Å². The van der Waals surface area contributed by atoms with Crippen molar-refractivity contribution in [1.29, 1.82) is 0 Å². The maximum Gasteiger partial charge on any atom is 0.142 e. The molecule has 0 aliphatic heterocycles. The zero-order valence-corrected chi connectivity index (χ0v) is 13.2. The molecule has 0 fully saturated rings. The van der Waals surface area contributed by atoms with Gasteiger partial charge in [-0.1, -0.05) is 11.6 Å². The molecule has 0 aliphatic rings. The van der Waals surface area contributed by atoms with Gasteiger partial charge in [0.15, 0.2) is 0 Å². The van der Waals surface area contributed by atoms with E-state index in [1.807, 2.05) is 13.8 Å². The van der Waals surface area contributed by atoms with E-state index in [2.05, 4.69) is 6.08 Å². The summed E-state index contributed by atoms with van der Waals surface area (Å²) in [4.78, 5) is 10.6. The Morgan fingerprint density at radius 2 is 1.76 bits per heavy atom. The van der Waals surface area contributed by atoms with Crippen LogP contribution in [0.5, 0.6) is 17.2 Å². The van der Waals surface area contributed by atoms with Crippen molar-refractivity contribution < 1.29 is 19.0 Å². The van der Waals surface area contributed by atoms with E-state index in [1.54, 1.807) is 33.5 Å². The van der Waals surface area contributed by atoms with Gasteiger partial charge >= 0.3 is 0 Å². The van der Waals surface area contributed by atoms with E-state index in [-0.39, 0.29) is 0 Å². The number of carbonyl (C=O) groups is 1. The maximum atomic E-state index is 10.6. The van der Waals surface area contributed by atoms with E-state index in [9.17, 15) is 4.79 Å². The predicted molar refractivity (Wildman–Crippen MR) is 84.3 cm³/mol. The number of aldehydes is 1. The quantitative estimate of drug-likeness (QED) is 0.438. The van der Waals surface area contributed by atoms with Gasteiger partial charge in [0.2, 0.25) is 0 Å². The van der Waals surface area contributed by atoms with Crippen LogP contribution in [0.15, 0.2) is 23.8 Å². The number of allylic oxidation sites excluding steroid dienone is 3. The first kappa shape index (κ1) is 16.8. The Morgan fingerprint density at radius 1 is 1.10 bits per heavy atom. The van der Waals surface area contributed by atoms with Crippen molar-refractivity contribution in [2.45, 2.75) is 20.3 Å². The molecular formula is C17H22O4. The van der Waals surface area contributed by atoms with E-state index in [0.717, 1.165) is 17.4 Å². The molecule has 0 unspecified atom stereocenters. The monoisotopic (exact) mass is 290 g/mol. The number of rotatable bonds is 7. The SMILES string of the molecule is COc1cc(OC)c(CC=C(C)C)c(OC)c1C=CC=O. The van der Waals surface area contributed by atoms with Crippen molar-refractivity contribution >= 4 is 12.4 Å². The van der Waals surface area contributed by atoms with E-state index < -0.39 is 0 Å². The summed E-state index contributed by atoms with van der Waals surface area (Å²) >= 11 is 0. The lowest BCUT2D eigenvalue weighted by Gasteiger charge is -2.17. The molecule has 0 aromatic heterocycles. The topological polar surface area (TPSA) is 44.8 Å². The third kappa shape index (κ3) is 4.12. The first-order valence-electron chi connectivity index (χ1n) is 6.66. The van der Waals surface area contributed by atoms with E-state index in [4.69, 9.17) is 14.2 Å². The summed E-state index contributed by atoms with van der Waals surface area (Å²) in [6, 6.07) is 1.81. The number of benzene rings is 1. The summed E-state index contributed by atoms with van der Waals surface area (Å²) in [6.07, 6.45) is 6.59. The van der Waals surface area contributed by atoms with Crippen LogP contribution < -0.4 is 14.2 Å². The molecule has 0 heterocycles. The molecule has 114 valence electrons. The Bertz CT molecular complexity index is 552. The minimum absolute atomic E-state index is 0.600. The lowest BCUT2D eigenvalue weighted by molar-refractivity contribution is -0.104. The van der Waals surface area contributed by atoms with Crippen LogP contribution in [0.1, 0.15) is 25.0 Å². The Kier molecular flexibility index (Phi) is 6.53. The number of hydrogen-bond donors (Lipinski definition) is 0. The molecule has 4 heteroatoms. The third-order valence-electron chi connectivity index (χ3n) is 3.04. The second-order valence-corrected chi connectivity index (χ2v) is 4.69. The van der Waals surface area contributed by atoms with Crippen LogP contribution in [-0.4, -0.2) is 27.6 Å². The highest BCUT2D eigenvalue weighted by Crippen LogP contribution is 2.40. The van der Waals surface area contributed by atoms with Gasteiger partial charge < -0.3 is 14.2 Å². The summed E-state index contributed by atoms with van der Waals surface area (Å²) in [7, 11) is 4.78. The van der Waals surface area contributed by atoms with Crippen molar-refractivity contribution in [2.24, 2.45) is 0 Å². The molecule has 0 radical (unpaired) electrons. The van der Waals surface area contributed by atoms with Gasteiger partial charge in [0, 0.05) is 11.6 Å². The summed E-state index contributed by atoms with van der Waals surface area (Å²) in [5, 5.41) is 0. The Morgan fingerprint density at radius 3 is 2.24 bits per heavy atom. The fourth-order valence-electron chi connectivity index (χ4n) is 2.05. The smallest absolute Gasteiger partial charge is 0.142 e. The van der Waals surface area contributed by atoms with Gasteiger partial charge in [0.1, 0.15) is 23.5 Å². The minimum atomic E-state index is 0.600. The van der Waals surface area contributed by atoms with Gasteiger partial charge in [-0.2, -0.15) is 0 Å². The standard InChI is InChI=1S/C17H22O4/c1-12(2)8-9-14-16(20-4)11-15(19-3)13(7-6-10-18)17(14)21-5/h6-8,10-11H,9H2,1-5H3. The maximum absolute atomic E-state index is 10.6. The van der Waals surface area contributed by atoms with Gasteiger partial charge in [-0.25, -0.2) is 0 Å². The lowest BCUT2D eigenvalue weighted by Crippen LogP contribution is -2.01. The van der Waals surface area contributed by atoms with Crippen LogP contribution in [0.4, 0.5) is 0 Å². The summed E-state index contributed by atoms with van der Waals surface area (Å²) in [5.74, 6) is 1.95. The molecule has 0 aliphatic carbocycles. The molecule has 0 atom stereocenters. The lowest BCUT2D eigenvalue weighted by atomic mass is 10.0. The molecule has 0 spiro atoms. The third-order valence-corrected chi connectivity index (χ3v) is 3.04. The van der Waals surface area contributed by atoms with E-state index in [1.165, 1.54) is 11.6 Å². The fourth-order valence-corrected chi connectivity index (χ4v) is 2.05. The Hall–Kier alpha value is -2.23. The molecule has 0 amide bonds. The van der Waals surface area contributed by atoms with E-state index in [0.29, 0.717) is 23.7 Å². The van der Waals surface area contributed by atoms with Gasteiger partial charge in [-0.15, -0.1) is 0 Å². The first-order valence-corrected chi connectivity index (χ1v) is 6.66. The van der Waals surface area contributed by atoms with Crippen LogP contribution in [0.25, 0.3) is 6.08 Å². The Labute approximate surface area is 126 Å². The van der Waals surface area contributed by atoms with Crippen LogP contribution in [0.2, 0.25) is 0 Å². The number of methoxy groups -OCH3 is 3. The molecule has 0 bridgehead atoms. The molecule has 0 N–H and O–H groups in total. The van der Waals surface area contributed by atoms with Crippen molar-refractivity contribution in [1.82, 2.24) is 0 Å². The van der Waals surface area contributed by atoms with Crippen molar-refractivity contribution in [3.63, 3.8) is 0 Å². The molecule has 1 aromatic rings. The normalized spacial score (nSPS) is 10.3. The number of hydrogen-bond acceptors (Lipinski definition) is 4. The van der Waals surface area contributed by atoms with Gasteiger partial charge in [0.25, 0.3) is 0 Å². The van der Waals surface area contributed by atoms with Crippen molar-refractivity contribution in [3.05, 3.63) is 34.9 Å². The fraction of sp³-hybridized carbons (Fsp3) is 0.353. The molecule has 21 heavy (non-hydrogen) atoms. The zero-order valence-electron chi connectivity index (χ0n) is 13.2. The van der Waals surface area contributed by atoms with Gasteiger partial charge in [-0.05, 0) is 32.4 Å². The molecule has 0 saturated carbocycles. The second-order valence-electron chi connectivity index (χ2n) is 4.69. The second kappa shape index (κ2) is 8.15. The van der Waals surface area contributed by atoms with Crippen LogP contribution in [0, 0.1) is 0 Å². The van der Waals surface area contributed by atoms with Crippen LogP contribution >= 0.6 is 0 Å².